The summed E-state index contributed by atoms with van der Waals surface area (Å²) in [5.41, 5.74) is 6.89. The number of aliphatic hydroxyl groups is 1. The molecule has 1 aromatic carbocycles. The molecule has 6 nitrogen and oxygen atoms in total. The van der Waals surface area contributed by atoms with E-state index in [-0.39, 0.29) is 11.4 Å². The van der Waals surface area contributed by atoms with Gasteiger partial charge >= 0.3 is 0 Å². The molecule has 1 unspecified atom stereocenters. The minimum Gasteiger partial charge on any atom is -0.394 e. The van der Waals surface area contributed by atoms with Crippen LogP contribution in [-0.4, -0.2) is 29.5 Å². The first kappa shape index (κ1) is 15.5. The van der Waals surface area contributed by atoms with Crippen molar-refractivity contribution in [2.24, 2.45) is 5.73 Å². The van der Waals surface area contributed by atoms with Gasteiger partial charge in [-0.1, -0.05) is 23.7 Å². The summed E-state index contributed by atoms with van der Waals surface area (Å²) < 4.78 is 0. The lowest BCUT2D eigenvalue weighted by molar-refractivity contribution is -0.117. The number of rotatable bonds is 5. The maximum absolute atomic E-state index is 11.4. The summed E-state index contributed by atoms with van der Waals surface area (Å²) in [7, 11) is 0. The average molecular weight is 309 g/mol. The van der Waals surface area contributed by atoms with Crippen molar-refractivity contribution >= 4 is 23.2 Å². The second-order valence-electron chi connectivity index (χ2n) is 4.72. The van der Waals surface area contributed by atoms with Crippen LogP contribution in [0.25, 0.3) is 0 Å². The second-order valence-corrected chi connectivity index (χ2v) is 5.16. The van der Waals surface area contributed by atoms with Crippen molar-refractivity contribution in [3.63, 3.8) is 0 Å². The summed E-state index contributed by atoms with van der Waals surface area (Å²) in [6.07, 6.45) is -0.740. The van der Waals surface area contributed by atoms with E-state index in [1.807, 2.05) is 12.1 Å². The fourth-order valence-electron chi connectivity index (χ4n) is 2.03. The van der Waals surface area contributed by atoms with E-state index in [0.29, 0.717) is 30.1 Å². The Hall–Kier alpha value is -1.89. The van der Waals surface area contributed by atoms with Gasteiger partial charge in [0.2, 0.25) is 0 Å². The second kappa shape index (κ2) is 6.71. The van der Waals surface area contributed by atoms with Crippen LogP contribution in [0.15, 0.2) is 35.5 Å². The minimum atomic E-state index is -1.18. The summed E-state index contributed by atoms with van der Waals surface area (Å²) >= 11 is 5.79. The van der Waals surface area contributed by atoms with Gasteiger partial charge in [-0.25, -0.2) is 0 Å². The molecular weight excluding hydrogens is 292 g/mol. The third-order valence-corrected chi connectivity index (χ3v) is 3.49. The molecule has 1 amide bonds. The molecule has 0 fully saturated rings. The predicted molar refractivity (Wildman–Crippen MR) is 80.9 cm³/mol. The van der Waals surface area contributed by atoms with E-state index in [2.05, 4.69) is 10.6 Å². The highest BCUT2D eigenvalue weighted by Gasteiger charge is 2.24. The van der Waals surface area contributed by atoms with Gasteiger partial charge in [-0.3, -0.25) is 10.1 Å². The molecule has 0 aromatic heterocycles. The van der Waals surface area contributed by atoms with Crippen molar-refractivity contribution in [1.82, 2.24) is 10.6 Å². The molecule has 0 aliphatic carbocycles. The summed E-state index contributed by atoms with van der Waals surface area (Å²) in [6.45, 7) is 0.793. The number of nitrogens with one attached hydrogen (secondary N) is 3. The Balaban J connectivity index is 1.98. The number of hydrogen-bond acceptors (Lipinski definition) is 5. The molecule has 7 heteroatoms. The topological polar surface area (TPSA) is 111 Å². The lowest BCUT2D eigenvalue weighted by Gasteiger charge is -2.22. The van der Waals surface area contributed by atoms with Gasteiger partial charge in [0.05, 0.1) is 5.71 Å². The van der Waals surface area contributed by atoms with Crippen molar-refractivity contribution in [3.05, 3.63) is 46.1 Å². The number of aliphatic hydroxyl groups excluding tert-OH is 1. The van der Waals surface area contributed by atoms with E-state index in [0.717, 1.165) is 5.56 Å². The largest absolute Gasteiger partial charge is 0.394 e. The van der Waals surface area contributed by atoms with Gasteiger partial charge in [-0.15, -0.1) is 0 Å². The third-order valence-electron chi connectivity index (χ3n) is 3.24. The van der Waals surface area contributed by atoms with Crippen LogP contribution in [0.5, 0.6) is 0 Å². The molecule has 112 valence electrons. The summed E-state index contributed by atoms with van der Waals surface area (Å²) in [6, 6.07) is 7.16. The Kier molecular flexibility index (Phi) is 4.95. The fourth-order valence-corrected chi connectivity index (χ4v) is 2.16. The van der Waals surface area contributed by atoms with Crippen LogP contribution >= 0.6 is 11.6 Å². The molecule has 6 N–H and O–H groups in total. The molecule has 0 saturated heterocycles. The number of benzene rings is 1. The van der Waals surface area contributed by atoms with Crippen LogP contribution in [0.2, 0.25) is 5.02 Å². The molecular formula is C14H17ClN4O2. The van der Waals surface area contributed by atoms with Crippen molar-refractivity contribution in [2.75, 3.05) is 6.54 Å². The van der Waals surface area contributed by atoms with Gasteiger partial charge in [0.25, 0.3) is 5.91 Å². The molecule has 0 radical (unpaired) electrons. The number of hydrogen-bond donors (Lipinski definition) is 5. The first-order valence-electron chi connectivity index (χ1n) is 6.50. The zero-order valence-corrected chi connectivity index (χ0v) is 12.1. The first-order valence-corrected chi connectivity index (χ1v) is 6.88. The lowest BCUT2D eigenvalue weighted by Crippen LogP contribution is -2.42. The Morgan fingerprint density at radius 2 is 2.14 bits per heavy atom. The molecule has 0 saturated carbocycles. The van der Waals surface area contributed by atoms with Crippen LogP contribution in [-0.2, 0) is 11.3 Å². The van der Waals surface area contributed by atoms with E-state index in [4.69, 9.17) is 22.7 Å². The summed E-state index contributed by atoms with van der Waals surface area (Å²) in [5, 5.41) is 24.0. The molecule has 2 rings (SSSR count). The summed E-state index contributed by atoms with van der Waals surface area (Å²) in [5.74, 6) is -0.397. The van der Waals surface area contributed by atoms with Gasteiger partial charge in [-0.2, -0.15) is 0 Å². The highest BCUT2D eigenvalue weighted by molar-refractivity contribution is 6.30. The zero-order valence-electron chi connectivity index (χ0n) is 11.3. The highest BCUT2D eigenvalue weighted by atomic mass is 35.5. The van der Waals surface area contributed by atoms with Crippen molar-refractivity contribution in [1.29, 1.82) is 5.41 Å². The van der Waals surface area contributed by atoms with E-state index in [1.165, 1.54) is 0 Å². The average Bonchev–Trinajstić information content (AvgIpc) is 2.48. The van der Waals surface area contributed by atoms with Crippen LogP contribution < -0.4 is 16.4 Å². The third kappa shape index (κ3) is 3.81. The van der Waals surface area contributed by atoms with Crippen LogP contribution in [0.3, 0.4) is 0 Å². The van der Waals surface area contributed by atoms with E-state index in [1.54, 1.807) is 12.1 Å². The highest BCUT2D eigenvalue weighted by Crippen LogP contribution is 2.13. The van der Waals surface area contributed by atoms with E-state index >= 15 is 0 Å². The molecule has 0 bridgehead atoms. The number of carbonyl (C=O) groups excluding carboxylic acids is 1. The van der Waals surface area contributed by atoms with Gasteiger partial charge in [0.15, 0.2) is 0 Å². The van der Waals surface area contributed by atoms with E-state index < -0.39 is 12.1 Å². The number of amides is 1. The smallest absolute Gasteiger partial charge is 0.267 e. The van der Waals surface area contributed by atoms with Crippen LogP contribution in [0, 0.1) is 5.41 Å². The molecule has 1 atom stereocenters. The Morgan fingerprint density at radius 1 is 1.48 bits per heavy atom. The molecule has 21 heavy (non-hydrogen) atoms. The van der Waals surface area contributed by atoms with Gasteiger partial charge in [0, 0.05) is 23.7 Å². The van der Waals surface area contributed by atoms with Gasteiger partial charge in [-0.05, 0) is 24.1 Å². The number of halogens is 1. The van der Waals surface area contributed by atoms with Crippen molar-refractivity contribution < 1.29 is 9.90 Å². The number of carbonyl (C=O) groups is 1. The van der Waals surface area contributed by atoms with Gasteiger partial charge < -0.3 is 21.6 Å². The minimum absolute atomic E-state index is 0.00130. The Morgan fingerprint density at radius 3 is 2.81 bits per heavy atom. The molecule has 1 aromatic rings. The fraction of sp³-hybridized carbons (Fsp3) is 0.286. The molecule has 1 heterocycles. The normalized spacial score (nSPS) is 16.6. The van der Waals surface area contributed by atoms with Gasteiger partial charge in [0.1, 0.15) is 11.9 Å². The Bertz CT molecular complexity index is 583. The monoisotopic (exact) mass is 308 g/mol. The maximum atomic E-state index is 11.4. The first-order chi connectivity index (χ1) is 9.99. The molecule has 1 aliphatic rings. The van der Waals surface area contributed by atoms with Crippen molar-refractivity contribution in [2.45, 2.75) is 19.2 Å². The standard InChI is InChI=1S/C14H17ClN4O2/c15-9-3-1-8(2-4-9)7-19-14(21)12(17)10-5-6-18-13(20)11(10)16/h1-4,14,17,19,21H,5-7,16H2,(H,18,20). The quantitative estimate of drug-likeness (QED) is 0.403. The van der Waals surface area contributed by atoms with Crippen molar-refractivity contribution in [3.8, 4) is 0 Å². The SMILES string of the molecule is N=C(C1=C(N)C(=O)NCC1)C(O)NCc1ccc(Cl)cc1. The van der Waals surface area contributed by atoms with Crippen LogP contribution in [0.4, 0.5) is 0 Å². The molecule has 1 aliphatic heterocycles. The predicted octanol–water partition coefficient (Wildman–Crippen LogP) is 0.500. The lowest BCUT2D eigenvalue weighted by atomic mass is 10.00. The summed E-state index contributed by atoms with van der Waals surface area (Å²) in [4.78, 5) is 11.4. The van der Waals surface area contributed by atoms with E-state index in [9.17, 15) is 9.90 Å². The maximum Gasteiger partial charge on any atom is 0.267 e. The van der Waals surface area contributed by atoms with Crippen LogP contribution in [0.1, 0.15) is 12.0 Å². The Labute approximate surface area is 127 Å². The number of nitrogens with two attached hydrogens (primary N) is 1. The molecule has 0 spiro atoms. The zero-order chi connectivity index (χ0) is 15.4.